The number of hydrogen-bond acceptors (Lipinski definition) is 3. The van der Waals surface area contributed by atoms with Crippen molar-refractivity contribution >= 4 is 35.5 Å². The number of thiol groups is 1. The van der Waals surface area contributed by atoms with Crippen molar-refractivity contribution in [1.29, 1.82) is 0 Å². The zero-order valence-corrected chi connectivity index (χ0v) is 9.45. The highest BCUT2D eigenvalue weighted by atomic mass is 32.1. The molecule has 1 saturated heterocycles. The number of nitrogens with zero attached hydrogens (tertiary/aromatic N) is 2. The summed E-state index contributed by atoms with van der Waals surface area (Å²) in [7, 11) is 0. The largest absolute Gasteiger partial charge is 0.324 e. The van der Waals surface area contributed by atoms with Crippen LogP contribution >= 0.6 is 12.6 Å². The number of rotatable bonds is 1. The molecule has 1 N–H and O–H groups in total. The van der Waals surface area contributed by atoms with Gasteiger partial charge in [0.15, 0.2) is 0 Å². The number of H-pyrrole nitrogens is 1. The summed E-state index contributed by atoms with van der Waals surface area (Å²) in [6.45, 7) is 0.627. The molecule has 4 nitrogen and oxygen atoms in total. The van der Waals surface area contributed by atoms with E-state index in [0.29, 0.717) is 18.9 Å². The van der Waals surface area contributed by atoms with E-state index in [1.807, 2.05) is 24.3 Å². The number of aromatic amines is 1. The molecule has 2 heterocycles. The van der Waals surface area contributed by atoms with Gasteiger partial charge in [-0.1, -0.05) is 12.1 Å². The molecule has 16 heavy (non-hydrogen) atoms. The van der Waals surface area contributed by atoms with Crippen LogP contribution in [0.4, 0.5) is 5.95 Å². The molecule has 0 aliphatic carbocycles. The number of para-hydroxylation sites is 2. The molecule has 0 spiro atoms. The van der Waals surface area contributed by atoms with Gasteiger partial charge in [0.05, 0.1) is 11.0 Å². The Labute approximate surface area is 98.1 Å². The van der Waals surface area contributed by atoms with E-state index in [-0.39, 0.29) is 11.2 Å². The topological polar surface area (TPSA) is 49.0 Å². The van der Waals surface area contributed by atoms with Crippen molar-refractivity contribution in [2.45, 2.75) is 11.7 Å². The van der Waals surface area contributed by atoms with Crippen molar-refractivity contribution in [3.63, 3.8) is 0 Å². The molecule has 1 fully saturated rings. The first-order chi connectivity index (χ1) is 7.74. The number of imidazole rings is 1. The molecular formula is C11H11N3OS. The minimum absolute atomic E-state index is 0.0825. The standard InChI is InChI=1S/C11H11N3OS/c15-10-5-7(16)6-14(10)11-12-8-3-1-2-4-9(8)13-11/h1-4,7,16H,5-6H2,(H,12,13). The molecule has 1 aliphatic rings. The minimum atomic E-state index is 0.0825. The number of amides is 1. The summed E-state index contributed by atoms with van der Waals surface area (Å²) in [4.78, 5) is 20.9. The minimum Gasteiger partial charge on any atom is -0.324 e. The molecule has 1 aliphatic heterocycles. The van der Waals surface area contributed by atoms with E-state index in [9.17, 15) is 4.79 Å². The monoisotopic (exact) mass is 233 g/mol. The Morgan fingerprint density at radius 3 is 2.94 bits per heavy atom. The number of benzene rings is 1. The summed E-state index contributed by atoms with van der Waals surface area (Å²) in [5.41, 5.74) is 1.83. The van der Waals surface area contributed by atoms with Gasteiger partial charge in [-0.2, -0.15) is 12.6 Å². The lowest BCUT2D eigenvalue weighted by molar-refractivity contribution is -0.117. The third-order valence-corrected chi connectivity index (χ3v) is 3.08. The lowest BCUT2D eigenvalue weighted by Crippen LogP contribution is -2.25. The second kappa shape index (κ2) is 3.52. The molecule has 2 aromatic rings. The molecule has 1 amide bonds. The smallest absolute Gasteiger partial charge is 0.230 e. The van der Waals surface area contributed by atoms with Crippen LogP contribution in [0.25, 0.3) is 11.0 Å². The SMILES string of the molecule is O=C1CC(S)CN1c1nc2ccccc2[nH]1. The third kappa shape index (κ3) is 1.48. The normalized spacial score (nSPS) is 20.9. The summed E-state index contributed by atoms with van der Waals surface area (Å²) in [6, 6.07) is 7.75. The van der Waals surface area contributed by atoms with Gasteiger partial charge in [0.1, 0.15) is 0 Å². The fourth-order valence-corrected chi connectivity index (χ4v) is 2.28. The number of aromatic nitrogens is 2. The van der Waals surface area contributed by atoms with Crippen LogP contribution in [0.5, 0.6) is 0 Å². The molecule has 0 bridgehead atoms. The Hall–Kier alpha value is -1.49. The zero-order valence-electron chi connectivity index (χ0n) is 8.55. The Balaban J connectivity index is 2.03. The number of nitrogens with one attached hydrogen (secondary N) is 1. The van der Waals surface area contributed by atoms with Crippen molar-refractivity contribution in [3.05, 3.63) is 24.3 Å². The van der Waals surface area contributed by atoms with Crippen LogP contribution in [0.3, 0.4) is 0 Å². The molecule has 82 valence electrons. The lowest BCUT2D eigenvalue weighted by atomic mass is 10.3. The molecule has 0 saturated carbocycles. The van der Waals surface area contributed by atoms with Crippen LogP contribution in [0.2, 0.25) is 0 Å². The first-order valence-electron chi connectivity index (χ1n) is 5.17. The number of carbonyl (C=O) groups excluding carboxylic acids is 1. The molecular weight excluding hydrogens is 222 g/mol. The highest BCUT2D eigenvalue weighted by Gasteiger charge is 2.30. The van der Waals surface area contributed by atoms with Crippen molar-refractivity contribution in [3.8, 4) is 0 Å². The summed E-state index contributed by atoms with van der Waals surface area (Å²) >= 11 is 4.32. The maximum Gasteiger partial charge on any atom is 0.230 e. The van der Waals surface area contributed by atoms with Crippen LogP contribution in [-0.4, -0.2) is 27.7 Å². The maximum atomic E-state index is 11.7. The summed E-state index contributed by atoms with van der Waals surface area (Å²) in [6.07, 6.45) is 0.486. The Kier molecular flexibility index (Phi) is 2.14. The molecule has 1 unspecified atom stereocenters. The second-order valence-electron chi connectivity index (χ2n) is 3.94. The van der Waals surface area contributed by atoms with Gasteiger partial charge in [-0.05, 0) is 12.1 Å². The lowest BCUT2D eigenvalue weighted by Gasteiger charge is -2.11. The van der Waals surface area contributed by atoms with Crippen LogP contribution in [0, 0.1) is 0 Å². The highest BCUT2D eigenvalue weighted by molar-refractivity contribution is 7.81. The van der Waals surface area contributed by atoms with Gasteiger partial charge < -0.3 is 4.98 Å². The Morgan fingerprint density at radius 2 is 2.25 bits per heavy atom. The molecule has 0 radical (unpaired) electrons. The number of carbonyl (C=O) groups is 1. The third-order valence-electron chi connectivity index (χ3n) is 2.74. The van der Waals surface area contributed by atoms with E-state index in [1.54, 1.807) is 4.90 Å². The Bertz CT molecular complexity index is 518. The fraction of sp³-hybridized carbons (Fsp3) is 0.273. The second-order valence-corrected chi connectivity index (χ2v) is 4.67. The van der Waals surface area contributed by atoms with Crippen molar-refractivity contribution in [2.75, 3.05) is 11.4 Å². The van der Waals surface area contributed by atoms with Crippen molar-refractivity contribution < 1.29 is 4.79 Å². The van der Waals surface area contributed by atoms with Crippen molar-refractivity contribution in [2.24, 2.45) is 0 Å². The highest BCUT2D eigenvalue weighted by Crippen LogP contribution is 2.23. The van der Waals surface area contributed by atoms with E-state index in [4.69, 9.17) is 0 Å². The maximum absolute atomic E-state index is 11.7. The van der Waals surface area contributed by atoms with Crippen LogP contribution in [-0.2, 0) is 4.79 Å². The molecule has 1 aromatic carbocycles. The fourth-order valence-electron chi connectivity index (χ4n) is 1.96. The van der Waals surface area contributed by atoms with E-state index in [0.717, 1.165) is 11.0 Å². The van der Waals surface area contributed by atoms with Gasteiger partial charge in [-0.25, -0.2) is 4.98 Å². The van der Waals surface area contributed by atoms with Gasteiger partial charge in [-0.15, -0.1) is 0 Å². The quantitative estimate of drug-likeness (QED) is 0.735. The molecule has 1 atom stereocenters. The number of fused-ring (bicyclic) bond motifs is 1. The first-order valence-corrected chi connectivity index (χ1v) is 5.69. The van der Waals surface area contributed by atoms with Gasteiger partial charge in [-0.3, -0.25) is 9.69 Å². The Morgan fingerprint density at radius 1 is 1.44 bits per heavy atom. The first kappa shape index (κ1) is 9.72. The van der Waals surface area contributed by atoms with Crippen molar-refractivity contribution in [1.82, 2.24) is 9.97 Å². The van der Waals surface area contributed by atoms with Crippen LogP contribution in [0.1, 0.15) is 6.42 Å². The molecule has 1 aromatic heterocycles. The predicted octanol–water partition coefficient (Wildman–Crippen LogP) is 1.60. The summed E-state index contributed by atoms with van der Waals surface area (Å²) in [5.74, 6) is 0.710. The van der Waals surface area contributed by atoms with Gasteiger partial charge >= 0.3 is 0 Å². The number of anilines is 1. The zero-order chi connectivity index (χ0) is 11.1. The van der Waals surface area contributed by atoms with Crippen LogP contribution < -0.4 is 4.90 Å². The summed E-state index contributed by atoms with van der Waals surface area (Å²) < 4.78 is 0. The predicted molar refractivity (Wildman–Crippen MR) is 65.8 cm³/mol. The number of hydrogen-bond donors (Lipinski definition) is 2. The average Bonchev–Trinajstić information content (AvgIpc) is 2.81. The molecule has 3 rings (SSSR count). The van der Waals surface area contributed by atoms with E-state index in [2.05, 4.69) is 22.6 Å². The van der Waals surface area contributed by atoms with E-state index in [1.165, 1.54) is 0 Å². The molecule has 5 heteroatoms. The van der Waals surface area contributed by atoms with Crippen LogP contribution in [0.15, 0.2) is 24.3 Å². The summed E-state index contributed by atoms with van der Waals surface area (Å²) in [5, 5.41) is 0.112. The van der Waals surface area contributed by atoms with E-state index < -0.39 is 0 Å². The average molecular weight is 233 g/mol. The van der Waals surface area contributed by atoms with E-state index >= 15 is 0 Å². The van der Waals surface area contributed by atoms with Gasteiger partial charge in [0, 0.05) is 18.2 Å². The van der Waals surface area contributed by atoms with Gasteiger partial charge in [0.2, 0.25) is 11.9 Å². The van der Waals surface area contributed by atoms with Gasteiger partial charge in [0.25, 0.3) is 0 Å².